The standard InChI is InChI=1S/C8H10ClN7/c1-4(7-13-3-14-16-7)15-8-5(9)6(10)11-2-12-8/h2-4H,1H3,(H,13,14,16)(H3,10,11,12,15). The van der Waals surface area contributed by atoms with Crippen molar-refractivity contribution in [1.82, 2.24) is 25.1 Å². The summed E-state index contributed by atoms with van der Waals surface area (Å²) in [5.41, 5.74) is 5.56. The molecule has 0 saturated carbocycles. The highest BCUT2D eigenvalue weighted by molar-refractivity contribution is 6.35. The van der Waals surface area contributed by atoms with Gasteiger partial charge in [0.25, 0.3) is 0 Å². The summed E-state index contributed by atoms with van der Waals surface area (Å²) in [5.74, 6) is 1.40. The minimum absolute atomic E-state index is 0.103. The number of halogens is 1. The van der Waals surface area contributed by atoms with E-state index in [2.05, 4.69) is 30.5 Å². The van der Waals surface area contributed by atoms with Gasteiger partial charge in [0.1, 0.15) is 29.3 Å². The van der Waals surface area contributed by atoms with E-state index < -0.39 is 0 Å². The molecule has 0 fully saturated rings. The molecule has 16 heavy (non-hydrogen) atoms. The van der Waals surface area contributed by atoms with E-state index in [0.29, 0.717) is 16.7 Å². The summed E-state index contributed by atoms with van der Waals surface area (Å²) in [6.07, 6.45) is 2.78. The Balaban J connectivity index is 2.18. The predicted molar refractivity (Wildman–Crippen MR) is 59.9 cm³/mol. The zero-order chi connectivity index (χ0) is 11.5. The number of nitrogens with two attached hydrogens (primary N) is 1. The lowest BCUT2D eigenvalue weighted by Gasteiger charge is -2.12. The van der Waals surface area contributed by atoms with Crippen molar-refractivity contribution >= 4 is 23.2 Å². The number of nitrogen functional groups attached to an aromatic ring is 1. The van der Waals surface area contributed by atoms with Crippen LogP contribution in [0.1, 0.15) is 18.8 Å². The molecule has 0 saturated heterocycles. The quantitative estimate of drug-likeness (QED) is 0.738. The third kappa shape index (κ3) is 2.03. The number of aromatic nitrogens is 5. The Hall–Kier alpha value is -1.89. The molecule has 0 aliphatic carbocycles. The average Bonchev–Trinajstić information content (AvgIpc) is 2.78. The summed E-state index contributed by atoms with van der Waals surface area (Å²) >= 11 is 5.94. The Morgan fingerprint density at radius 3 is 2.88 bits per heavy atom. The van der Waals surface area contributed by atoms with Gasteiger partial charge < -0.3 is 11.1 Å². The Kier molecular flexibility index (Phi) is 2.86. The molecule has 0 amide bonds. The summed E-state index contributed by atoms with van der Waals surface area (Å²) in [5, 5.41) is 9.86. The topological polar surface area (TPSA) is 105 Å². The van der Waals surface area contributed by atoms with Gasteiger partial charge in [0.05, 0.1) is 6.04 Å². The van der Waals surface area contributed by atoms with Crippen LogP contribution < -0.4 is 11.1 Å². The molecule has 0 aliphatic rings. The molecule has 1 unspecified atom stereocenters. The lowest BCUT2D eigenvalue weighted by atomic mass is 10.3. The van der Waals surface area contributed by atoms with Gasteiger partial charge in [0.15, 0.2) is 5.82 Å². The Morgan fingerprint density at radius 2 is 2.19 bits per heavy atom. The Labute approximate surface area is 96.5 Å². The molecule has 0 aliphatic heterocycles. The SMILES string of the molecule is CC(Nc1ncnc(N)c1Cl)c1ncn[nH]1. The lowest BCUT2D eigenvalue weighted by Crippen LogP contribution is -2.11. The first-order valence-corrected chi connectivity index (χ1v) is 4.94. The van der Waals surface area contributed by atoms with E-state index in [-0.39, 0.29) is 11.9 Å². The van der Waals surface area contributed by atoms with Crippen molar-refractivity contribution in [2.24, 2.45) is 0 Å². The number of nitrogens with one attached hydrogen (secondary N) is 2. The van der Waals surface area contributed by atoms with Crippen molar-refractivity contribution in [3.05, 3.63) is 23.5 Å². The van der Waals surface area contributed by atoms with Crippen LogP contribution in [0.4, 0.5) is 11.6 Å². The van der Waals surface area contributed by atoms with E-state index in [1.807, 2.05) is 6.92 Å². The largest absolute Gasteiger partial charge is 0.382 e. The van der Waals surface area contributed by atoms with Gasteiger partial charge in [-0.15, -0.1) is 0 Å². The molecule has 2 rings (SSSR count). The molecule has 1 atom stereocenters. The lowest BCUT2D eigenvalue weighted by molar-refractivity contribution is 0.789. The minimum atomic E-state index is -0.103. The average molecular weight is 240 g/mol. The smallest absolute Gasteiger partial charge is 0.151 e. The number of nitrogens with zero attached hydrogens (tertiary/aromatic N) is 4. The van der Waals surface area contributed by atoms with Crippen LogP contribution in [0.3, 0.4) is 0 Å². The second-order valence-electron chi connectivity index (χ2n) is 3.16. The normalized spacial score (nSPS) is 12.4. The maximum Gasteiger partial charge on any atom is 0.151 e. The first kappa shape index (κ1) is 10.6. The molecule has 2 aromatic rings. The first-order valence-electron chi connectivity index (χ1n) is 4.56. The molecule has 8 heteroatoms. The first-order chi connectivity index (χ1) is 7.68. The van der Waals surface area contributed by atoms with Gasteiger partial charge in [-0.3, -0.25) is 5.10 Å². The van der Waals surface area contributed by atoms with E-state index in [0.717, 1.165) is 0 Å². The van der Waals surface area contributed by atoms with E-state index in [9.17, 15) is 0 Å². The summed E-state index contributed by atoms with van der Waals surface area (Å²) in [6, 6.07) is -0.103. The minimum Gasteiger partial charge on any atom is -0.382 e. The van der Waals surface area contributed by atoms with Crippen LogP contribution in [-0.2, 0) is 0 Å². The molecule has 2 aromatic heterocycles. The second-order valence-corrected chi connectivity index (χ2v) is 3.54. The van der Waals surface area contributed by atoms with Crippen molar-refractivity contribution in [1.29, 1.82) is 0 Å². The molecule has 2 heterocycles. The van der Waals surface area contributed by atoms with Gasteiger partial charge in [-0.2, -0.15) is 5.10 Å². The highest BCUT2D eigenvalue weighted by atomic mass is 35.5. The molecule has 0 bridgehead atoms. The monoisotopic (exact) mass is 239 g/mol. The van der Waals surface area contributed by atoms with E-state index >= 15 is 0 Å². The van der Waals surface area contributed by atoms with E-state index in [1.165, 1.54) is 12.7 Å². The zero-order valence-electron chi connectivity index (χ0n) is 8.48. The van der Waals surface area contributed by atoms with Crippen LogP contribution in [0.5, 0.6) is 0 Å². The molecule has 0 radical (unpaired) electrons. The van der Waals surface area contributed by atoms with Gasteiger partial charge >= 0.3 is 0 Å². The molecule has 7 nitrogen and oxygen atoms in total. The van der Waals surface area contributed by atoms with Crippen LogP contribution in [0, 0.1) is 0 Å². The van der Waals surface area contributed by atoms with E-state index in [4.69, 9.17) is 17.3 Å². The summed E-state index contributed by atoms with van der Waals surface area (Å²) in [7, 11) is 0. The predicted octanol–water partition coefficient (Wildman–Crippen LogP) is 1.00. The maximum atomic E-state index is 5.94. The van der Waals surface area contributed by atoms with Crippen molar-refractivity contribution in [3.8, 4) is 0 Å². The Bertz CT molecular complexity index is 469. The zero-order valence-corrected chi connectivity index (χ0v) is 9.23. The van der Waals surface area contributed by atoms with E-state index in [1.54, 1.807) is 0 Å². The second kappa shape index (κ2) is 4.31. The molecular weight excluding hydrogens is 230 g/mol. The van der Waals surface area contributed by atoms with Crippen LogP contribution in [-0.4, -0.2) is 25.1 Å². The summed E-state index contributed by atoms with van der Waals surface area (Å²) < 4.78 is 0. The summed E-state index contributed by atoms with van der Waals surface area (Å²) in [4.78, 5) is 11.8. The van der Waals surface area contributed by atoms with Crippen molar-refractivity contribution in [2.45, 2.75) is 13.0 Å². The van der Waals surface area contributed by atoms with Gasteiger partial charge in [-0.1, -0.05) is 11.6 Å². The van der Waals surface area contributed by atoms with Gasteiger partial charge in [-0.05, 0) is 6.92 Å². The Morgan fingerprint density at radius 1 is 1.38 bits per heavy atom. The molecule has 4 N–H and O–H groups in total. The van der Waals surface area contributed by atoms with Gasteiger partial charge in [0.2, 0.25) is 0 Å². The number of hydrogen-bond donors (Lipinski definition) is 3. The fraction of sp³-hybridized carbons (Fsp3) is 0.250. The van der Waals surface area contributed by atoms with Crippen LogP contribution in [0.25, 0.3) is 0 Å². The fourth-order valence-corrected chi connectivity index (χ4v) is 1.33. The van der Waals surface area contributed by atoms with Crippen LogP contribution >= 0.6 is 11.6 Å². The molecule has 0 aromatic carbocycles. The number of anilines is 2. The highest BCUT2D eigenvalue weighted by Gasteiger charge is 2.12. The number of rotatable bonds is 3. The van der Waals surface area contributed by atoms with Crippen molar-refractivity contribution in [3.63, 3.8) is 0 Å². The van der Waals surface area contributed by atoms with Gasteiger partial charge in [0, 0.05) is 0 Å². The third-order valence-electron chi connectivity index (χ3n) is 2.01. The number of H-pyrrole nitrogens is 1. The van der Waals surface area contributed by atoms with Crippen molar-refractivity contribution in [2.75, 3.05) is 11.1 Å². The highest BCUT2D eigenvalue weighted by Crippen LogP contribution is 2.25. The van der Waals surface area contributed by atoms with Crippen LogP contribution in [0.15, 0.2) is 12.7 Å². The number of hydrogen-bond acceptors (Lipinski definition) is 6. The molecule has 0 spiro atoms. The fourth-order valence-electron chi connectivity index (χ4n) is 1.18. The van der Waals surface area contributed by atoms with Gasteiger partial charge in [-0.25, -0.2) is 15.0 Å². The number of aromatic amines is 1. The van der Waals surface area contributed by atoms with Crippen molar-refractivity contribution < 1.29 is 0 Å². The van der Waals surface area contributed by atoms with Crippen LogP contribution in [0.2, 0.25) is 5.02 Å². The summed E-state index contributed by atoms with van der Waals surface area (Å²) in [6.45, 7) is 1.90. The maximum absolute atomic E-state index is 5.94. The molecule has 84 valence electrons. The molecular formula is C8H10ClN7. The third-order valence-corrected chi connectivity index (χ3v) is 2.39.